The topological polar surface area (TPSA) is 66.9 Å². The third-order valence-corrected chi connectivity index (χ3v) is 3.61. The smallest absolute Gasteiger partial charge is 0.410 e. The van der Waals surface area contributed by atoms with Crippen molar-refractivity contribution >= 4 is 16.1 Å². The molecule has 0 bridgehead atoms. The molecule has 0 aromatic heterocycles. The molecule has 0 aromatic rings. The molecule has 0 spiro atoms. The van der Waals surface area contributed by atoms with E-state index < -0.39 is 10.0 Å². The Balaban J connectivity index is 2.46. The molecule has 1 amide bonds. The zero-order valence-electron chi connectivity index (χ0n) is 9.84. The molecule has 0 radical (unpaired) electrons. The highest BCUT2D eigenvalue weighted by atomic mass is 32.2. The summed E-state index contributed by atoms with van der Waals surface area (Å²) in [5, 5.41) is 0. The van der Waals surface area contributed by atoms with Crippen LogP contribution in [0.1, 0.15) is 13.8 Å². The Morgan fingerprint density at radius 3 is 2.06 bits per heavy atom. The fraction of sp³-hybridized carbons (Fsp3) is 0.889. The molecular weight excluding hydrogens is 232 g/mol. The number of nitrogens with zero attached hydrogens (tertiary/aromatic N) is 2. The minimum absolute atomic E-state index is 0.152. The van der Waals surface area contributed by atoms with Crippen LogP contribution in [0.2, 0.25) is 0 Å². The molecule has 6 nitrogen and oxygen atoms in total. The summed E-state index contributed by atoms with van der Waals surface area (Å²) in [4.78, 5) is 13.0. The van der Waals surface area contributed by atoms with Crippen LogP contribution >= 0.6 is 0 Å². The van der Waals surface area contributed by atoms with Crippen molar-refractivity contribution < 1.29 is 17.9 Å². The van der Waals surface area contributed by atoms with Crippen molar-refractivity contribution in [2.75, 3.05) is 32.4 Å². The van der Waals surface area contributed by atoms with Crippen molar-refractivity contribution in [3.8, 4) is 0 Å². The van der Waals surface area contributed by atoms with Gasteiger partial charge >= 0.3 is 6.09 Å². The van der Waals surface area contributed by atoms with Crippen LogP contribution in [-0.2, 0) is 14.8 Å². The molecule has 94 valence electrons. The van der Waals surface area contributed by atoms with E-state index in [-0.39, 0.29) is 12.2 Å². The molecule has 0 unspecified atom stereocenters. The number of hydrogen-bond acceptors (Lipinski definition) is 4. The van der Waals surface area contributed by atoms with E-state index in [0.29, 0.717) is 26.2 Å². The fourth-order valence-corrected chi connectivity index (χ4v) is 2.31. The molecule has 0 saturated carbocycles. The second-order valence-corrected chi connectivity index (χ2v) is 6.06. The van der Waals surface area contributed by atoms with E-state index in [0.717, 1.165) is 0 Å². The quantitative estimate of drug-likeness (QED) is 0.697. The zero-order valence-corrected chi connectivity index (χ0v) is 10.7. The molecule has 0 N–H and O–H groups in total. The van der Waals surface area contributed by atoms with Crippen LogP contribution in [0.4, 0.5) is 4.79 Å². The van der Waals surface area contributed by atoms with Gasteiger partial charge in [0.25, 0.3) is 0 Å². The molecule has 0 aromatic carbocycles. The van der Waals surface area contributed by atoms with Gasteiger partial charge in [0.05, 0.1) is 12.4 Å². The number of ether oxygens (including phenoxy) is 1. The van der Waals surface area contributed by atoms with E-state index in [4.69, 9.17) is 4.74 Å². The van der Waals surface area contributed by atoms with Crippen LogP contribution in [0.3, 0.4) is 0 Å². The van der Waals surface area contributed by atoms with E-state index >= 15 is 0 Å². The lowest BCUT2D eigenvalue weighted by molar-refractivity contribution is 0.0667. The molecule has 16 heavy (non-hydrogen) atoms. The first-order valence-corrected chi connectivity index (χ1v) is 7.06. The Hall–Kier alpha value is -0.820. The van der Waals surface area contributed by atoms with Gasteiger partial charge in [0.15, 0.2) is 0 Å². The second kappa shape index (κ2) is 5.01. The first kappa shape index (κ1) is 13.2. The lowest BCUT2D eigenvalue weighted by atomic mass is 10.4. The normalized spacial score (nSPS) is 18.9. The number of carbonyl (C=O) groups excluding carboxylic acids is 1. The molecule has 1 saturated heterocycles. The minimum atomic E-state index is -3.14. The van der Waals surface area contributed by atoms with Crippen molar-refractivity contribution in [2.24, 2.45) is 0 Å². The van der Waals surface area contributed by atoms with Crippen LogP contribution < -0.4 is 0 Å². The summed E-state index contributed by atoms with van der Waals surface area (Å²) < 4.78 is 28.9. The Bertz CT molecular complexity index is 345. The highest BCUT2D eigenvalue weighted by molar-refractivity contribution is 7.88. The largest absolute Gasteiger partial charge is 0.447 e. The summed E-state index contributed by atoms with van der Waals surface area (Å²) in [5.41, 5.74) is 0. The molecule has 1 aliphatic rings. The Labute approximate surface area is 96.2 Å². The average molecular weight is 250 g/mol. The number of carbonyl (C=O) groups is 1. The van der Waals surface area contributed by atoms with E-state index in [2.05, 4.69) is 0 Å². The average Bonchev–Trinajstić information content (AvgIpc) is 2.15. The Morgan fingerprint density at radius 1 is 1.19 bits per heavy atom. The number of sulfonamides is 1. The van der Waals surface area contributed by atoms with Crippen molar-refractivity contribution in [1.29, 1.82) is 0 Å². The van der Waals surface area contributed by atoms with Crippen molar-refractivity contribution in [1.82, 2.24) is 9.21 Å². The molecule has 1 heterocycles. The number of hydrogen-bond donors (Lipinski definition) is 0. The van der Waals surface area contributed by atoms with Gasteiger partial charge in [-0.1, -0.05) is 0 Å². The molecule has 1 rings (SSSR count). The third-order valence-electron chi connectivity index (χ3n) is 2.30. The highest BCUT2D eigenvalue weighted by Crippen LogP contribution is 2.08. The van der Waals surface area contributed by atoms with Crippen LogP contribution in [0, 0.1) is 0 Å². The van der Waals surface area contributed by atoms with E-state index in [1.807, 2.05) is 0 Å². The summed E-state index contributed by atoms with van der Waals surface area (Å²) in [6.07, 6.45) is 0.651. The van der Waals surface area contributed by atoms with Gasteiger partial charge in [-0.3, -0.25) is 0 Å². The zero-order chi connectivity index (χ0) is 12.3. The maximum Gasteiger partial charge on any atom is 0.410 e. The summed E-state index contributed by atoms with van der Waals surface area (Å²) in [6.45, 7) is 5.02. The minimum Gasteiger partial charge on any atom is -0.447 e. The fourth-order valence-electron chi connectivity index (χ4n) is 1.48. The summed E-state index contributed by atoms with van der Waals surface area (Å²) >= 11 is 0. The van der Waals surface area contributed by atoms with Crippen molar-refractivity contribution in [2.45, 2.75) is 20.0 Å². The van der Waals surface area contributed by atoms with E-state index in [1.54, 1.807) is 13.8 Å². The van der Waals surface area contributed by atoms with E-state index in [1.165, 1.54) is 15.5 Å². The second-order valence-electron chi connectivity index (χ2n) is 4.08. The van der Waals surface area contributed by atoms with E-state index in [9.17, 15) is 13.2 Å². The van der Waals surface area contributed by atoms with Gasteiger partial charge in [-0.05, 0) is 13.8 Å². The maximum atomic E-state index is 11.5. The summed E-state index contributed by atoms with van der Waals surface area (Å²) in [7, 11) is -3.14. The standard InChI is InChI=1S/C9H18N2O4S/c1-8(2)15-9(12)10-4-6-11(7-5-10)16(3,13)14/h8H,4-7H2,1-3H3. The molecule has 0 aliphatic carbocycles. The lowest BCUT2D eigenvalue weighted by Gasteiger charge is -2.32. The van der Waals surface area contributed by atoms with Gasteiger partial charge in [-0.25, -0.2) is 13.2 Å². The number of piperazine rings is 1. The van der Waals surface area contributed by atoms with Gasteiger partial charge < -0.3 is 9.64 Å². The molecule has 1 aliphatic heterocycles. The van der Waals surface area contributed by atoms with Crippen LogP contribution in [0.15, 0.2) is 0 Å². The highest BCUT2D eigenvalue weighted by Gasteiger charge is 2.26. The van der Waals surface area contributed by atoms with Gasteiger partial charge in [0.2, 0.25) is 10.0 Å². The third kappa shape index (κ3) is 3.64. The first-order chi connectivity index (χ1) is 7.30. The summed E-state index contributed by atoms with van der Waals surface area (Å²) in [6, 6.07) is 0. The molecule has 7 heteroatoms. The Kier molecular flexibility index (Phi) is 4.15. The maximum absolute atomic E-state index is 11.5. The molecule has 1 fully saturated rings. The van der Waals surface area contributed by atoms with Gasteiger partial charge in [-0.2, -0.15) is 4.31 Å². The van der Waals surface area contributed by atoms with Crippen LogP contribution in [-0.4, -0.2) is 62.3 Å². The molecule has 0 atom stereocenters. The summed E-state index contributed by atoms with van der Waals surface area (Å²) in [5.74, 6) is 0. The van der Waals surface area contributed by atoms with Crippen LogP contribution in [0.25, 0.3) is 0 Å². The van der Waals surface area contributed by atoms with Crippen molar-refractivity contribution in [3.63, 3.8) is 0 Å². The Morgan fingerprint density at radius 2 is 1.69 bits per heavy atom. The SMILES string of the molecule is CC(C)OC(=O)N1CCN(S(C)(=O)=O)CC1. The number of rotatable bonds is 2. The van der Waals surface area contributed by atoms with Crippen molar-refractivity contribution in [3.05, 3.63) is 0 Å². The predicted molar refractivity (Wildman–Crippen MR) is 59.6 cm³/mol. The molecular formula is C9H18N2O4S. The van der Waals surface area contributed by atoms with Gasteiger partial charge in [0.1, 0.15) is 0 Å². The monoisotopic (exact) mass is 250 g/mol. The lowest BCUT2D eigenvalue weighted by Crippen LogP contribution is -2.50. The van der Waals surface area contributed by atoms with Gasteiger partial charge in [0, 0.05) is 26.2 Å². The predicted octanol–water partition coefficient (Wildman–Crippen LogP) is 0.109. The first-order valence-electron chi connectivity index (χ1n) is 5.21. The van der Waals surface area contributed by atoms with Gasteiger partial charge in [-0.15, -0.1) is 0 Å². The van der Waals surface area contributed by atoms with Crippen LogP contribution in [0.5, 0.6) is 0 Å². The number of amides is 1.